The third-order valence-electron chi connectivity index (χ3n) is 0.932. The van der Waals surface area contributed by atoms with Gasteiger partial charge in [-0.2, -0.15) is 8.78 Å². The summed E-state index contributed by atoms with van der Waals surface area (Å²) in [5, 5.41) is 2.88. The first-order valence-electron chi connectivity index (χ1n) is 3.07. The van der Waals surface area contributed by atoms with Crippen LogP contribution in [-0.2, 0) is 14.3 Å². The maximum atomic E-state index is 12.3. The largest absolute Gasteiger partial charge is 0.423 e. The topological polar surface area (TPSA) is 92.1 Å². The fraction of sp³-hybridized carbons (Fsp3) is 0.600. The first-order chi connectivity index (χ1) is 6.04. The van der Waals surface area contributed by atoms with E-state index in [1.165, 1.54) is 0 Å². The molecule has 0 radical (unpaired) electrons. The third-order valence-corrected chi connectivity index (χ3v) is 0.932. The highest BCUT2D eigenvalue weighted by Crippen LogP contribution is 2.14. The fourth-order valence-electron chi connectivity index (χ4n) is 0.399. The zero-order valence-electron chi connectivity index (χ0n) is 6.31. The van der Waals surface area contributed by atoms with E-state index in [-0.39, 0.29) is 6.54 Å². The molecular weight excluding hydrogens is 188 g/mol. The second-order valence-electron chi connectivity index (χ2n) is 1.80. The second kappa shape index (κ2) is 5.18. The first kappa shape index (κ1) is 11.5. The van der Waals surface area contributed by atoms with Crippen LogP contribution in [0.2, 0.25) is 0 Å². The van der Waals surface area contributed by atoms with E-state index in [4.69, 9.17) is 5.53 Å². The summed E-state index contributed by atoms with van der Waals surface area (Å²) in [5.41, 5.74) is 7.74. The summed E-state index contributed by atoms with van der Waals surface area (Å²) in [6.07, 6.45) is -4.67. The van der Waals surface area contributed by atoms with Crippen molar-refractivity contribution in [1.82, 2.24) is 0 Å². The van der Waals surface area contributed by atoms with Gasteiger partial charge in [0, 0.05) is 11.5 Å². The maximum absolute atomic E-state index is 12.3. The molecule has 8 heteroatoms. The molecule has 0 aliphatic heterocycles. The van der Waals surface area contributed by atoms with Crippen molar-refractivity contribution in [2.75, 3.05) is 13.2 Å². The molecule has 0 aromatic carbocycles. The van der Waals surface area contributed by atoms with Gasteiger partial charge in [0.2, 0.25) is 0 Å². The summed E-state index contributed by atoms with van der Waals surface area (Å²) in [6, 6.07) is 0. The van der Waals surface area contributed by atoms with Crippen LogP contribution in [0.1, 0.15) is 0 Å². The van der Waals surface area contributed by atoms with Gasteiger partial charge in [-0.05, 0) is 5.53 Å². The lowest BCUT2D eigenvalue weighted by atomic mass is 10.4. The first-order valence-corrected chi connectivity index (χ1v) is 3.07. The zero-order chi connectivity index (χ0) is 10.3. The molecule has 0 aliphatic rings. The number of nitrogens with zero attached hydrogens (tertiary/aromatic N) is 3. The van der Waals surface area contributed by atoms with E-state index in [1.54, 1.807) is 0 Å². The molecule has 0 amide bonds. The molecule has 0 unspecified atom stereocenters. The lowest BCUT2D eigenvalue weighted by Crippen LogP contribution is -2.33. The fourth-order valence-corrected chi connectivity index (χ4v) is 0.399. The molecule has 0 saturated heterocycles. The molecule has 0 aliphatic carbocycles. The third kappa shape index (κ3) is 4.14. The summed E-state index contributed by atoms with van der Waals surface area (Å²) in [4.78, 5) is 22.1. The highest BCUT2D eigenvalue weighted by molar-refractivity contribution is 6.27. The van der Waals surface area contributed by atoms with Gasteiger partial charge < -0.3 is 4.74 Å². The molecule has 0 N–H and O–H groups in total. The van der Waals surface area contributed by atoms with E-state index in [1.807, 2.05) is 0 Å². The average molecular weight is 193 g/mol. The molecule has 0 fully saturated rings. The Bertz CT molecular complexity index is 249. The van der Waals surface area contributed by atoms with E-state index in [9.17, 15) is 18.4 Å². The highest BCUT2D eigenvalue weighted by atomic mass is 19.3. The van der Waals surface area contributed by atoms with Crippen molar-refractivity contribution in [3.05, 3.63) is 10.4 Å². The van der Waals surface area contributed by atoms with Gasteiger partial charge in [-0.25, -0.2) is 0 Å². The van der Waals surface area contributed by atoms with Gasteiger partial charge in [0.1, 0.15) is 0 Å². The van der Waals surface area contributed by atoms with Crippen LogP contribution in [0.4, 0.5) is 8.78 Å². The van der Waals surface area contributed by atoms with Crippen LogP contribution in [-0.4, -0.2) is 31.3 Å². The quantitative estimate of drug-likeness (QED) is 0.155. The van der Waals surface area contributed by atoms with Crippen LogP contribution < -0.4 is 0 Å². The molecule has 6 nitrogen and oxygen atoms in total. The predicted molar refractivity (Wildman–Crippen MR) is 36.0 cm³/mol. The minimum atomic E-state index is -4.13. The van der Waals surface area contributed by atoms with Gasteiger partial charge in [0.15, 0.2) is 6.29 Å². The summed E-state index contributed by atoms with van der Waals surface area (Å²) in [5.74, 6) is -1.96. The van der Waals surface area contributed by atoms with Crippen molar-refractivity contribution in [3.8, 4) is 0 Å². The van der Waals surface area contributed by atoms with Gasteiger partial charge in [-0.3, -0.25) is 9.59 Å². The summed E-state index contributed by atoms with van der Waals surface area (Å²) in [6.45, 7) is -0.963. The minimum Gasteiger partial charge on any atom is -0.314 e. The molecule has 0 atom stereocenters. The van der Waals surface area contributed by atoms with Gasteiger partial charge in [0.25, 0.3) is 5.78 Å². The minimum absolute atomic E-state index is 0.335. The van der Waals surface area contributed by atoms with Gasteiger partial charge >= 0.3 is 6.11 Å². The number of azide groups is 1. The number of ether oxygens (including phenoxy) is 1. The molecule has 0 heterocycles. The number of halogens is 2. The summed E-state index contributed by atoms with van der Waals surface area (Å²) in [7, 11) is 0. The SMILES string of the molecule is [N-]=[N+]=NCCOC(F)(F)C(=O)C=O. The molecule has 72 valence electrons. The molecule has 0 saturated carbocycles. The number of hydrogen-bond donors (Lipinski definition) is 0. The number of ketones is 1. The van der Waals surface area contributed by atoms with E-state index in [0.29, 0.717) is 0 Å². The standard InChI is InChI=1S/C5H5F2N3O3/c6-5(7,4(12)3-11)13-2-1-9-10-8/h3H,1-2H2. The molecule has 0 spiro atoms. The Labute approximate surface area is 71.1 Å². The van der Waals surface area contributed by atoms with Crippen molar-refractivity contribution in [2.24, 2.45) is 5.11 Å². The second-order valence-corrected chi connectivity index (χ2v) is 1.80. The summed E-state index contributed by atoms with van der Waals surface area (Å²) < 4.78 is 28.3. The van der Waals surface area contributed by atoms with Crippen LogP contribution in [0.5, 0.6) is 0 Å². The van der Waals surface area contributed by atoms with E-state index >= 15 is 0 Å². The van der Waals surface area contributed by atoms with Crippen LogP contribution in [0, 0.1) is 0 Å². The van der Waals surface area contributed by atoms with Crippen LogP contribution in [0.25, 0.3) is 10.4 Å². The average Bonchev–Trinajstić information content (AvgIpc) is 2.11. The van der Waals surface area contributed by atoms with Gasteiger partial charge in [-0.1, -0.05) is 5.11 Å². The number of aldehydes is 1. The normalized spacial score (nSPS) is 10.3. The van der Waals surface area contributed by atoms with Crippen LogP contribution in [0.15, 0.2) is 5.11 Å². The number of carbonyl (C=O) groups is 2. The smallest absolute Gasteiger partial charge is 0.314 e. The van der Waals surface area contributed by atoms with E-state index < -0.39 is 24.8 Å². The highest BCUT2D eigenvalue weighted by Gasteiger charge is 2.39. The van der Waals surface area contributed by atoms with Crippen molar-refractivity contribution in [3.63, 3.8) is 0 Å². The Morgan fingerprint density at radius 1 is 1.69 bits per heavy atom. The number of hydrogen-bond acceptors (Lipinski definition) is 4. The van der Waals surface area contributed by atoms with Crippen LogP contribution >= 0.6 is 0 Å². The van der Waals surface area contributed by atoms with Gasteiger partial charge in [-0.15, -0.1) is 0 Å². The van der Waals surface area contributed by atoms with E-state index in [2.05, 4.69) is 14.8 Å². The molecule has 0 rings (SSSR count). The Hall–Kier alpha value is -1.53. The number of Topliss-reactive ketones (excluding diaryl/α,β-unsaturated/α-hetero) is 1. The van der Waals surface area contributed by atoms with Gasteiger partial charge in [0.05, 0.1) is 6.61 Å². The van der Waals surface area contributed by atoms with Crippen LogP contribution in [0.3, 0.4) is 0 Å². The lowest BCUT2D eigenvalue weighted by Gasteiger charge is -2.10. The Morgan fingerprint density at radius 2 is 2.31 bits per heavy atom. The molecule has 13 heavy (non-hydrogen) atoms. The zero-order valence-corrected chi connectivity index (χ0v) is 6.31. The molecular formula is C5H5F2N3O3. The number of carbonyl (C=O) groups excluding carboxylic acids is 2. The van der Waals surface area contributed by atoms with Crippen molar-refractivity contribution in [1.29, 1.82) is 0 Å². The number of rotatable bonds is 6. The van der Waals surface area contributed by atoms with Crippen molar-refractivity contribution in [2.45, 2.75) is 6.11 Å². The monoisotopic (exact) mass is 193 g/mol. The molecule has 0 aromatic rings. The number of alkyl halides is 2. The Kier molecular flexibility index (Phi) is 4.57. The molecule has 0 bridgehead atoms. The summed E-state index contributed by atoms with van der Waals surface area (Å²) >= 11 is 0. The van der Waals surface area contributed by atoms with E-state index in [0.717, 1.165) is 0 Å². The predicted octanol–water partition coefficient (Wildman–Crippen LogP) is 0.674. The molecule has 0 aromatic heterocycles. The maximum Gasteiger partial charge on any atom is 0.423 e. The van der Waals surface area contributed by atoms with Crippen molar-refractivity contribution >= 4 is 12.1 Å². The Morgan fingerprint density at radius 3 is 2.77 bits per heavy atom. The Balaban J connectivity index is 3.95. The van der Waals surface area contributed by atoms with Crippen molar-refractivity contribution < 1.29 is 23.1 Å². The lowest BCUT2D eigenvalue weighted by molar-refractivity contribution is -0.224.